The molecule has 16 heavy (non-hydrogen) atoms. The zero-order chi connectivity index (χ0) is 11.5. The van der Waals surface area contributed by atoms with Crippen LogP contribution in [0.2, 0.25) is 0 Å². The summed E-state index contributed by atoms with van der Waals surface area (Å²) in [5.74, 6) is 1.52. The van der Waals surface area contributed by atoms with Crippen molar-refractivity contribution in [2.45, 2.75) is 31.1 Å². The number of aliphatic hydroxyl groups excluding tert-OH is 1. The molecule has 1 aliphatic rings. The summed E-state index contributed by atoms with van der Waals surface area (Å²) in [7, 11) is 1.62. The summed E-state index contributed by atoms with van der Waals surface area (Å²) in [6, 6.07) is 7.15. The van der Waals surface area contributed by atoms with Gasteiger partial charge in [-0.15, -0.1) is 0 Å². The average molecular weight is 223 g/mol. The van der Waals surface area contributed by atoms with Crippen LogP contribution in [-0.2, 0) is 0 Å². The summed E-state index contributed by atoms with van der Waals surface area (Å²) < 4.78 is 10.7. The number of aliphatic hydroxyl groups is 1. The molecule has 0 bridgehead atoms. The first-order chi connectivity index (χ1) is 7.70. The first kappa shape index (κ1) is 11.2. The van der Waals surface area contributed by atoms with Gasteiger partial charge in [0.2, 0.25) is 0 Å². The lowest BCUT2D eigenvalue weighted by atomic mass is 10.2. The molecule has 4 nitrogen and oxygen atoms in total. The quantitative estimate of drug-likeness (QED) is 0.800. The van der Waals surface area contributed by atoms with Crippen LogP contribution in [-0.4, -0.2) is 30.5 Å². The van der Waals surface area contributed by atoms with Gasteiger partial charge in [0.15, 0.2) is 0 Å². The van der Waals surface area contributed by atoms with Gasteiger partial charge >= 0.3 is 0 Å². The largest absolute Gasteiger partial charge is 0.497 e. The number of methoxy groups -OCH3 is 1. The summed E-state index contributed by atoms with van der Waals surface area (Å²) in [5, 5.41) is 9.74. The van der Waals surface area contributed by atoms with Crippen molar-refractivity contribution < 1.29 is 14.6 Å². The van der Waals surface area contributed by atoms with Gasteiger partial charge in [-0.05, 0) is 37.1 Å². The first-order valence-electron chi connectivity index (χ1n) is 5.45. The highest BCUT2D eigenvalue weighted by atomic mass is 16.5. The molecule has 4 heteroatoms. The number of hydrogen-bond donors (Lipinski definition) is 2. The Morgan fingerprint density at radius 1 is 1.19 bits per heavy atom. The normalized spacial score (nSPS) is 29.1. The van der Waals surface area contributed by atoms with Crippen molar-refractivity contribution in [2.24, 2.45) is 5.73 Å². The maximum atomic E-state index is 9.74. The molecular formula is C12H17NO3. The zero-order valence-electron chi connectivity index (χ0n) is 9.30. The standard InChI is InChI=1S/C12H17NO3/c1-15-8-2-4-9(5-3-8)16-11-7-6-10(13)12(11)14/h2-5,10-12,14H,6-7,13H2,1H3. The van der Waals surface area contributed by atoms with Gasteiger partial charge in [-0.3, -0.25) is 0 Å². The lowest BCUT2D eigenvalue weighted by Gasteiger charge is -2.18. The molecule has 3 unspecified atom stereocenters. The summed E-state index contributed by atoms with van der Waals surface area (Å²) in [6.45, 7) is 0. The highest BCUT2D eigenvalue weighted by Gasteiger charge is 2.33. The van der Waals surface area contributed by atoms with Crippen molar-refractivity contribution in [3.63, 3.8) is 0 Å². The molecule has 1 fully saturated rings. The van der Waals surface area contributed by atoms with E-state index in [-0.39, 0.29) is 12.1 Å². The van der Waals surface area contributed by atoms with E-state index in [0.717, 1.165) is 24.3 Å². The Labute approximate surface area is 95.0 Å². The third-order valence-electron chi connectivity index (χ3n) is 2.95. The van der Waals surface area contributed by atoms with E-state index in [0.29, 0.717) is 0 Å². The second-order valence-corrected chi connectivity index (χ2v) is 4.06. The maximum Gasteiger partial charge on any atom is 0.126 e. The predicted octanol–water partition coefficient (Wildman–Crippen LogP) is 0.925. The molecule has 0 aliphatic heterocycles. The van der Waals surface area contributed by atoms with E-state index in [4.69, 9.17) is 15.2 Å². The van der Waals surface area contributed by atoms with Crippen molar-refractivity contribution in [2.75, 3.05) is 7.11 Å². The van der Waals surface area contributed by atoms with Gasteiger partial charge in [-0.1, -0.05) is 0 Å². The van der Waals surface area contributed by atoms with Crippen molar-refractivity contribution in [1.29, 1.82) is 0 Å². The maximum absolute atomic E-state index is 9.74. The minimum absolute atomic E-state index is 0.164. The van der Waals surface area contributed by atoms with Gasteiger partial charge in [-0.2, -0.15) is 0 Å². The summed E-state index contributed by atoms with van der Waals surface area (Å²) in [4.78, 5) is 0. The van der Waals surface area contributed by atoms with E-state index in [9.17, 15) is 5.11 Å². The monoisotopic (exact) mass is 223 g/mol. The Hall–Kier alpha value is -1.26. The number of rotatable bonds is 3. The molecule has 0 amide bonds. The molecule has 3 atom stereocenters. The lowest BCUT2D eigenvalue weighted by Crippen LogP contribution is -2.37. The molecule has 3 N–H and O–H groups in total. The van der Waals surface area contributed by atoms with Gasteiger partial charge < -0.3 is 20.3 Å². The second kappa shape index (κ2) is 4.72. The van der Waals surface area contributed by atoms with Crippen LogP contribution in [0.15, 0.2) is 24.3 Å². The van der Waals surface area contributed by atoms with Gasteiger partial charge in [0.1, 0.15) is 23.7 Å². The summed E-state index contributed by atoms with van der Waals surface area (Å²) in [5.41, 5.74) is 5.72. The van der Waals surface area contributed by atoms with Crippen LogP contribution < -0.4 is 15.2 Å². The molecule has 0 heterocycles. The topological polar surface area (TPSA) is 64.7 Å². The van der Waals surface area contributed by atoms with E-state index < -0.39 is 6.10 Å². The third kappa shape index (κ3) is 2.28. The van der Waals surface area contributed by atoms with E-state index in [2.05, 4.69) is 0 Å². The van der Waals surface area contributed by atoms with Crippen LogP contribution >= 0.6 is 0 Å². The molecule has 1 aliphatic carbocycles. The molecule has 88 valence electrons. The molecule has 1 aromatic rings. The van der Waals surface area contributed by atoms with Crippen molar-refractivity contribution >= 4 is 0 Å². The number of nitrogens with two attached hydrogens (primary N) is 1. The van der Waals surface area contributed by atoms with Gasteiger partial charge in [0.05, 0.1) is 7.11 Å². The second-order valence-electron chi connectivity index (χ2n) is 4.06. The fraction of sp³-hybridized carbons (Fsp3) is 0.500. The van der Waals surface area contributed by atoms with E-state index in [1.54, 1.807) is 7.11 Å². The molecule has 1 saturated carbocycles. The molecule has 0 spiro atoms. The van der Waals surface area contributed by atoms with Gasteiger partial charge in [0, 0.05) is 6.04 Å². The zero-order valence-corrected chi connectivity index (χ0v) is 9.30. The number of benzene rings is 1. The minimum Gasteiger partial charge on any atom is -0.497 e. The van der Waals surface area contributed by atoms with E-state index in [1.807, 2.05) is 24.3 Å². The van der Waals surface area contributed by atoms with Crippen molar-refractivity contribution in [3.8, 4) is 11.5 Å². The molecule has 0 radical (unpaired) electrons. The van der Waals surface area contributed by atoms with Crippen LogP contribution in [0.25, 0.3) is 0 Å². The minimum atomic E-state index is -0.567. The lowest BCUT2D eigenvalue weighted by molar-refractivity contribution is 0.0521. The van der Waals surface area contributed by atoms with Gasteiger partial charge in [0.25, 0.3) is 0 Å². The fourth-order valence-electron chi connectivity index (χ4n) is 1.93. The van der Waals surface area contributed by atoms with Crippen LogP contribution in [0, 0.1) is 0 Å². The molecule has 0 saturated heterocycles. The average Bonchev–Trinajstić information content (AvgIpc) is 2.62. The Kier molecular flexibility index (Phi) is 3.31. The molecule has 2 rings (SSSR count). The van der Waals surface area contributed by atoms with Crippen molar-refractivity contribution in [1.82, 2.24) is 0 Å². The van der Waals surface area contributed by atoms with E-state index >= 15 is 0 Å². The van der Waals surface area contributed by atoms with Crippen LogP contribution in [0.5, 0.6) is 11.5 Å². The first-order valence-corrected chi connectivity index (χ1v) is 5.45. The summed E-state index contributed by atoms with van der Waals surface area (Å²) >= 11 is 0. The third-order valence-corrected chi connectivity index (χ3v) is 2.95. The molecule has 0 aromatic heterocycles. The highest BCUT2D eigenvalue weighted by Crippen LogP contribution is 2.25. The number of hydrogen-bond acceptors (Lipinski definition) is 4. The Bertz CT molecular complexity index is 339. The molecular weight excluding hydrogens is 206 g/mol. The van der Waals surface area contributed by atoms with Crippen LogP contribution in [0.4, 0.5) is 0 Å². The van der Waals surface area contributed by atoms with Crippen molar-refractivity contribution in [3.05, 3.63) is 24.3 Å². The Balaban J connectivity index is 1.98. The van der Waals surface area contributed by atoms with E-state index in [1.165, 1.54) is 0 Å². The molecule has 1 aromatic carbocycles. The highest BCUT2D eigenvalue weighted by molar-refractivity contribution is 5.31. The summed E-state index contributed by atoms with van der Waals surface area (Å²) in [6.07, 6.45) is 0.849. The smallest absolute Gasteiger partial charge is 0.126 e. The van der Waals surface area contributed by atoms with Crippen LogP contribution in [0.3, 0.4) is 0 Å². The van der Waals surface area contributed by atoms with Crippen LogP contribution in [0.1, 0.15) is 12.8 Å². The SMILES string of the molecule is COc1ccc(OC2CCC(N)C2O)cc1. The fourth-order valence-corrected chi connectivity index (χ4v) is 1.93. The Morgan fingerprint density at radius 3 is 2.31 bits per heavy atom. The van der Waals surface area contributed by atoms with Gasteiger partial charge in [-0.25, -0.2) is 0 Å². The number of ether oxygens (including phenoxy) is 2. The Morgan fingerprint density at radius 2 is 1.81 bits per heavy atom. The predicted molar refractivity (Wildman–Crippen MR) is 60.6 cm³/mol.